The van der Waals surface area contributed by atoms with Crippen molar-refractivity contribution in [3.63, 3.8) is 0 Å². The molecule has 128 valence electrons. The van der Waals surface area contributed by atoms with Crippen molar-refractivity contribution in [2.75, 3.05) is 0 Å². The molecule has 0 spiro atoms. The Hall–Kier alpha value is -1.32. The summed E-state index contributed by atoms with van der Waals surface area (Å²) >= 11 is 0. The largest absolute Gasteiger partial charge is 0.300 e. The highest BCUT2D eigenvalue weighted by Gasteiger charge is 2.29. The van der Waals surface area contributed by atoms with E-state index in [0.717, 1.165) is 25.7 Å². The SMILES string of the molecule is O=C1CCCCC(=O)CC(C2CC(=O)CCCCC(=O)C2)CC1. The monoisotopic (exact) mass is 320 g/mol. The molecule has 0 aliphatic heterocycles. The number of hydrogen-bond acceptors (Lipinski definition) is 4. The van der Waals surface area contributed by atoms with Crippen LogP contribution in [-0.4, -0.2) is 23.1 Å². The molecular formula is C19H28O4. The molecule has 1 atom stereocenters. The van der Waals surface area contributed by atoms with E-state index in [2.05, 4.69) is 0 Å². The van der Waals surface area contributed by atoms with Gasteiger partial charge >= 0.3 is 0 Å². The molecule has 0 aromatic carbocycles. The van der Waals surface area contributed by atoms with Crippen LogP contribution >= 0.6 is 0 Å². The highest BCUT2D eigenvalue weighted by atomic mass is 16.1. The molecule has 2 fully saturated rings. The van der Waals surface area contributed by atoms with Gasteiger partial charge in [-0.2, -0.15) is 0 Å². The summed E-state index contributed by atoms with van der Waals surface area (Å²) in [6.45, 7) is 0. The second kappa shape index (κ2) is 9.09. The molecule has 4 heteroatoms. The van der Waals surface area contributed by atoms with Crippen molar-refractivity contribution in [1.82, 2.24) is 0 Å². The van der Waals surface area contributed by atoms with Crippen molar-refractivity contribution < 1.29 is 19.2 Å². The van der Waals surface area contributed by atoms with Gasteiger partial charge in [-0.25, -0.2) is 0 Å². The Morgan fingerprint density at radius 3 is 1.35 bits per heavy atom. The summed E-state index contributed by atoms with van der Waals surface area (Å²) in [5, 5.41) is 0. The van der Waals surface area contributed by atoms with E-state index < -0.39 is 0 Å². The number of rotatable bonds is 1. The van der Waals surface area contributed by atoms with Gasteiger partial charge in [0.25, 0.3) is 0 Å². The lowest BCUT2D eigenvalue weighted by Crippen LogP contribution is -2.25. The maximum atomic E-state index is 12.2. The van der Waals surface area contributed by atoms with Gasteiger partial charge in [0.2, 0.25) is 0 Å². The first-order chi connectivity index (χ1) is 11.0. The third-order valence-electron chi connectivity index (χ3n) is 5.25. The van der Waals surface area contributed by atoms with Gasteiger partial charge in [-0.3, -0.25) is 19.2 Å². The lowest BCUT2D eigenvalue weighted by Gasteiger charge is -2.26. The number of carbonyl (C=O) groups is 4. The number of hydrogen-bond donors (Lipinski definition) is 0. The van der Waals surface area contributed by atoms with Crippen LogP contribution in [0.5, 0.6) is 0 Å². The molecule has 2 aliphatic rings. The summed E-state index contributed by atoms with van der Waals surface area (Å²) < 4.78 is 0. The molecule has 2 saturated carbocycles. The Labute approximate surface area is 138 Å². The van der Waals surface area contributed by atoms with Crippen LogP contribution < -0.4 is 0 Å². The predicted molar refractivity (Wildman–Crippen MR) is 87.0 cm³/mol. The average Bonchev–Trinajstić information content (AvgIpc) is 2.58. The molecule has 0 N–H and O–H groups in total. The molecule has 4 nitrogen and oxygen atoms in total. The maximum Gasteiger partial charge on any atom is 0.133 e. The molecule has 2 rings (SSSR count). The molecule has 0 saturated heterocycles. The van der Waals surface area contributed by atoms with Crippen molar-refractivity contribution in [2.45, 2.75) is 83.5 Å². The highest BCUT2D eigenvalue weighted by molar-refractivity contribution is 5.84. The predicted octanol–water partition coefficient (Wildman–Crippen LogP) is 3.59. The van der Waals surface area contributed by atoms with Crippen molar-refractivity contribution in [3.8, 4) is 0 Å². The Balaban J connectivity index is 2.10. The maximum absolute atomic E-state index is 12.2. The summed E-state index contributed by atoms with van der Waals surface area (Å²) in [6, 6.07) is 0. The van der Waals surface area contributed by atoms with E-state index in [-0.39, 0.29) is 35.0 Å². The van der Waals surface area contributed by atoms with Crippen molar-refractivity contribution in [2.24, 2.45) is 11.8 Å². The Kier molecular flexibility index (Phi) is 7.13. The molecule has 23 heavy (non-hydrogen) atoms. The quantitative estimate of drug-likeness (QED) is 0.740. The van der Waals surface area contributed by atoms with Crippen molar-refractivity contribution in [1.29, 1.82) is 0 Å². The van der Waals surface area contributed by atoms with Crippen LogP contribution in [-0.2, 0) is 19.2 Å². The smallest absolute Gasteiger partial charge is 0.133 e. The fourth-order valence-electron chi connectivity index (χ4n) is 3.85. The van der Waals surface area contributed by atoms with Crippen molar-refractivity contribution in [3.05, 3.63) is 0 Å². The Morgan fingerprint density at radius 2 is 0.870 bits per heavy atom. The molecule has 0 amide bonds. The fraction of sp³-hybridized carbons (Fsp3) is 0.789. The topological polar surface area (TPSA) is 68.3 Å². The van der Waals surface area contributed by atoms with E-state index >= 15 is 0 Å². The summed E-state index contributed by atoms with van der Waals surface area (Å²) in [5.41, 5.74) is 0. The van der Waals surface area contributed by atoms with Gasteiger partial charge in [0.05, 0.1) is 0 Å². The van der Waals surface area contributed by atoms with E-state index in [1.807, 2.05) is 0 Å². The fourth-order valence-corrected chi connectivity index (χ4v) is 3.85. The highest BCUT2D eigenvalue weighted by Crippen LogP contribution is 2.32. The van der Waals surface area contributed by atoms with Gasteiger partial charge in [0.15, 0.2) is 0 Å². The number of ketones is 4. The van der Waals surface area contributed by atoms with Crippen LogP contribution in [0, 0.1) is 11.8 Å². The zero-order valence-corrected chi connectivity index (χ0v) is 14.0. The van der Waals surface area contributed by atoms with Gasteiger partial charge in [0, 0.05) is 51.4 Å². The Bertz CT molecular complexity index is 446. The standard InChI is InChI=1S/C19H28O4/c20-16-5-1-2-6-17(21)11-14(9-10-16)15-12-18(22)7-3-4-8-19(23)13-15/h14-15H,1-13H2. The molecule has 1 unspecified atom stereocenters. The average molecular weight is 320 g/mol. The first-order valence-electron chi connectivity index (χ1n) is 9.11. The molecule has 0 aromatic heterocycles. The lowest BCUT2D eigenvalue weighted by molar-refractivity contribution is -0.126. The first kappa shape index (κ1) is 18.0. The zero-order chi connectivity index (χ0) is 16.7. The normalized spacial score (nSPS) is 27.2. The van der Waals surface area contributed by atoms with E-state index in [4.69, 9.17) is 0 Å². The summed E-state index contributed by atoms with van der Waals surface area (Å²) in [6.07, 6.45) is 7.70. The minimum absolute atomic E-state index is 0.00977. The Morgan fingerprint density at radius 1 is 0.478 bits per heavy atom. The summed E-state index contributed by atoms with van der Waals surface area (Å²) in [5.74, 6) is 0.857. The second-order valence-electron chi connectivity index (χ2n) is 7.24. The van der Waals surface area contributed by atoms with Gasteiger partial charge in [-0.05, 0) is 43.9 Å². The van der Waals surface area contributed by atoms with Crippen LogP contribution in [0.2, 0.25) is 0 Å². The van der Waals surface area contributed by atoms with Gasteiger partial charge in [0.1, 0.15) is 23.1 Å². The molecule has 2 aliphatic carbocycles. The van der Waals surface area contributed by atoms with E-state index in [1.165, 1.54) is 0 Å². The number of Topliss-reactive ketones (excluding diaryl/α,β-unsaturated/α-hetero) is 4. The van der Waals surface area contributed by atoms with Crippen molar-refractivity contribution >= 4 is 23.1 Å². The molecule has 0 radical (unpaired) electrons. The lowest BCUT2D eigenvalue weighted by atomic mass is 9.77. The number of carbonyl (C=O) groups excluding carboxylic acids is 4. The first-order valence-corrected chi connectivity index (χ1v) is 9.11. The summed E-state index contributed by atoms with van der Waals surface area (Å²) in [4.78, 5) is 48.3. The molecule has 0 heterocycles. The van der Waals surface area contributed by atoms with Crippen LogP contribution in [0.1, 0.15) is 83.5 Å². The molecular weight excluding hydrogens is 292 g/mol. The minimum atomic E-state index is -0.0516. The van der Waals surface area contributed by atoms with E-state index in [0.29, 0.717) is 57.8 Å². The zero-order valence-electron chi connectivity index (χ0n) is 14.0. The molecule has 0 aromatic rings. The third-order valence-corrected chi connectivity index (χ3v) is 5.25. The third kappa shape index (κ3) is 6.36. The second-order valence-corrected chi connectivity index (χ2v) is 7.24. The van der Waals surface area contributed by atoms with Gasteiger partial charge in [-0.15, -0.1) is 0 Å². The summed E-state index contributed by atoms with van der Waals surface area (Å²) in [7, 11) is 0. The van der Waals surface area contributed by atoms with Crippen LogP contribution in [0.25, 0.3) is 0 Å². The minimum Gasteiger partial charge on any atom is -0.300 e. The van der Waals surface area contributed by atoms with Crippen LogP contribution in [0.3, 0.4) is 0 Å². The molecule has 0 bridgehead atoms. The van der Waals surface area contributed by atoms with Gasteiger partial charge in [-0.1, -0.05) is 0 Å². The van der Waals surface area contributed by atoms with Crippen LogP contribution in [0.4, 0.5) is 0 Å². The van der Waals surface area contributed by atoms with E-state index in [9.17, 15) is 19.2 Å². The van der Waals surface area contributed by atoms with Gasteiger partial charge < -0.3 is 0 Å². The van der Waals surface area contributed by atoms with Crippen LogP contribution in [0.15, 0.2) is 0 Å². The van der Waals surface area contributed by atoms with E-state index in [1.54, 1.807) is 0 Å².